The van der Waals surface area contributed by atoms with Crippen LogP contribution in [0.15, 0.2) is 40.5 Å². The van der Waals surface area contributed by atoms with Gasteiger partial charge in [0.15, 0.2) is 5.17 Å². The third-order valence-corrected chi connectivity index (χ3v) is 3.78. The minimum atomic E-state index is 0. The summed E-state index contributed by atoms with van der Waals surface area (Å²) in [6.07, 6.45) is 2.25. The Morgan fingerprint density at radius 3 is 2.74 bits per heavy atom. The standard InChI is InChI=1S/C12H17N5S.HI/c13-12(18-11-6-2-1-3-7-11)17(16-14)9-10-5-4-8-15-10;/h1-3,6-7,10,13-15H,4-5,8-9H2;1H/t10-;/m0./s1. The monoisotopic (exact) mass is 391 g/mol. The summed E-state index contributed by atoms with van der Waals surface area (Å²) in [7, 11) is 0. The van der Waals surface area contributed by atoms with Gasteiger partial charge in [-0.15, -0.1) is 24.0 Å². The second-order valence-corrected chi connectivity index (χ2v) is 5.26. The van der Waals surface area contributed by atoms with E-state index in [0.29, 0.717) is 17.8 Å². The molecule has 2 rings (SSSR count). The van der Waals surface area contributed by atoms with E-state index in [1.807, 2.05) is 30.3 Å². The zero-order valence-corrected chi connectivity index (χ0v) is 13.7. The molecule has 1 heterocycles. The molecule has 1 aromatic carbocycles. The molecular formula is C12H18IN5S. The number of benzene rings is 1. The predicted molar refractivity (Wildman–Crippen MR) is 88.3 cm³/mol. The minimum absolute atomic E-state index is 0. The van der Waals surface area contributed by atoms with Crippen LogP contribution in [0.3, 0.4) is 0 Å². The number of nitrogens with one attached hydrogen (secondary N) is 3. The first-order valence-corrected chi connectivity index (χ1v) is 6.81. The van der Waals surface area contributed by atoms with Crippen LogP contribution in [0.5, 0.6) is 0 Å². The van der Waals surface area contributed by atoms with Crippen molar-refractivity contribution >= 4 is 40.9 Å². The minimum Gasteiger partial charge on any atom is -0.312 e. The van der Waals surface area contributed by atoms with Gasteiger partial charge >= 0.3 is 0 Å². The molecule has 1 aromatic rings. The van der Waals surface area contributed by atoms with E-state index in [1.54, 1.807) is 0 Å². The molecule has 0 spiro atoms. The van der Waals surface area contributed by atoms with Crippen LogP contribution in [0, 0.1) is 10.9 Å². The van der Waals surface area contributed by atoms with E-state index in [-0.39, 0.29) is 24.0 Å². The molecule has 0 amide bonds. The molecule has 1 saturated heterocycles. The fourth-order valence-electron chi connectivity index (χ4n) is 1.94. The molecule has 0 aromatic heterocycles. The summed E-state index contributed by atoms with van der Waals surface area (Å²) in [5.41, 5.74) is 7.19. The lowest BCUT2D eigenvalue weighted by Gasteiger charge is -2.20. The average Bonchev–Trinajstić information content (AvgIpc) is 2.90. The summed E-state index contributed by atoms with van der Waals surface area (Å²) in [4.78, 5) is 0.996. The number of amidine groups is 1. The first-order valence-electron chi connectivity index (χ1n) is 5.99. The molecule has 7 heteroatoms. The fraction of sp³-hybridized carbons (Fsp3) is 0.417. The van der Waals surface area contributed by atoms with E-state index in [1.165, 1.54) is 16.8 Å². The lowest BCUT2D eigenvalue weighted by molar-refractivity contribution is 0.361. The molecule has 0 bridgehead atoms. The summed E-state index contributed by atoms with van der Waals surface area (Å²) in [6, 6.07) is 10.1. The maximum atomic E-state index is 7.99. The first kappa shape index (κ1) is 16.4. The van der Waals surface area contributed by atoms with E-state index >= 15 is 0 Å². The highest BCUT2D eigenvalue weighted by atomic mass is 127. The van der Waals surface area contributed by atoms with E-state index in [4.69, 9.17) is 10.9 Å². The summed E-state index contributed by atoms with van der Waals surface area (Å²) in [5, 5.41) is 16.5. The van der Waals surface area contributed by atoms with Crippen LogP contribution in [0.4, 0.5) is 0 Å². The highest BCUT2D eigenvalue weighted by Gasteiger charge is 2.20. The van der Waals surface area contributed by atoms with Gasteiger partial charge in [0.25, 0.3) is 0 Å². The van der Waals surface area contributed by atoms with Crippen molar-refractivity contribution in [1.29, 1.82) is 10.9 Å². The molecule has 104 valence electrons. The number of hydrogen-bond donors (Lipinski definition) is 3. The Morgan fingerprint density at radius 2 is 2.16 bits per heavy atom. The van der Waals surface area contributed by atoms with E-state index in [9.17, 15) is 0 Å². The van der Waals surface area contributed by atoms with Gasteiger partial charge in [0.2, 0.25) is 0 Å². The Morgan fingerprint density at radius 1 is 1.42 bits per heavy atom. The first-order chi connectivity index (χ1) is 8.79. The van der Waals surface area contributed by atoms with Crippen LogP contribution in [0.2, 0.25) is 0 Å². The summed E-state index contributed by atoms with van der Waals surface area (Å²) >= 11 is 1.33. The van der Waals surface area contributed by atoms with E-state index < -0.39 is 0 Å². The molecular weight excluding hydrogens is 373 g/mol. The van der Waals surface area contributed by atoms with Crippen LogP contribution >= 0.6 is 35.7 Å². The summed E-state index contributed by atoms with van der Waals surface area (Å²) in [5.74, 6) is 0. The highest BCUT2D eigenvalue weighted by molar-refractivity contribution is 14.0. The second-order valence-electron chi connectivity index (χ2n) is 4.20. The molecule has 0 aliphatic carbocycles. The molecule has 1 aliphatic rings. The molecule has 1 fully saturated rings. The Bertz CT molecular complexity index is 408. The number of rotatable bonds is 4. The zero-order chi connectivity index (χ0) is 12.8. The Hall–Kier alpha value is -0.670. The topological polar surface area (TPSA) is 75.3 Å². The van der Waals surface area contributed by atoms with Crippen molar-refractivity contribution < 1.29 is 0 Å². The summed E-state index contributed by atoms with van der Waals surface area (Å²) in [6.45, 7) is 1.62. The Labute approximate surface area is 134 Å². The maximum absolute atomic E-state index is 7.99. The molecule has 3 N–H and O–H groups in total. The number of nitrogens with zero attached hydrogens (tertiary/aromatic N) is 2. The quantitative estimate of drug-likeness (QED) is 0.184. The molecule has 0 saturated carbocycles. The number of halogens is 1. The van der Waals surface area contributed by atoms with Gasteiger partial charge in [-0.2, -0.15) is 5.53 Å². The molecule has 0 radical (unpaired) electrons. The highest BCUT2D eigenvalue weighted by Crippen LogP contribution is 2.21. The van der Waals surface area contributed by atoms with Gasteiger partial charge in [0.1, 0.15) is 0 Å². The number of hydrogen-bond acceptors (Lipinski definition) is 5. The second kappa shape index (κ2) is 8.49. The van der Waals surface area contributed by atoms with Crippen molar-refractivity contribution in [1.82, 2.24) is 10.3 Å². The van der Waals surface area contributed by atoms with Crippen molar-refractivity contribution in [2.45, 2.75) is 23.8 Å². The van der Waals surface area contributed by atoms with Crippen LogP contribution in [0.25, 0.3) is 0 Å². The van der Waals surface area contributed by atoms with E-state index in [0.717, 1.165) is 24.3 Å². The van der Waals surface area contributed by atoms with Crippen molar-refractivity contribution in [3.05, 3.63) is 30.3 Å². The van der Waals surface area contributed by atoms with Crippen LogP contribution < -0.4 is 5.32 Å². The Kier molecular flexibility index (Phi) is 7.32. The Balaban J connectivity index is 0.00000180. The maximum Gasteiger partial charge on any atom is 0.183 e. The fourth-order valence-corrected chi connectivity index (χ4v) is 2.68. The normalized spacial score (nSPS) is 17.6. The molecule has 1 atom stereocenters. The van der Waals surface area contributed by atoms with Crippen molar-refractivity contribution in [3.63, 3.8) is 0 Å². The van der Waals surface area contributed by atoms with Gasteiger partial charge in [0.05, 0.1) is 6.54 Å². The van der Waals surface area contributed by atoms with Crippen LogP contribution in [-0.2, 0) is 0 Å². The average molecular weight is 391 g/mol. The summed E-state index contributed by atoms with van der Waals surface area (Å²) < 4.78 is 0. The molecule has 5 nitrogen and oxygen atoms in total. The predicted octanol–water partition coefficient (Wildman–Crippen LogP) is 3.33. The van der Waals surface area contributed by atoms with Crippen molar-refractivity contribution in [3.8, 4) is 0 Å². The van der Waals surface area contributed by atoms with Gasteiger partial charge < -0.3 is 5.32 Å². The van der Waals surface area contributed by atoms with Gasteiger partial charge in [-0.1, -0.05) is 35.2 Å². The van der Waals surface area contributed by atoms with Crippen molar-refractivity contribution in [2.75, 3.05) is 13.1 Å². The van der Waals surface area contributed by atoms with Gasteiger partial charge in [-0.05, 0) is 31.5 Å². The van der Waals surface area contributed by atoms with Crippen LogP contribution in [0.1, 0.15) is 12.8 Å². The third kappa shape index (κ3) is 5.07. The SMILES string of the molecule is I.N=NN(C[C@@H]1CCCN1)C(=N)Sc1ccccc1. The van der Waals surface area contributed by atoms with Gasteiger partial charge in [0, 0.05) is 10.9 Å². The van der Waals surface area contributed by atoms with Crippen molar-refractivity contribution in [2.24, 2.45) is 5.22 Å². The van der Waals surface area contributed by atoms with Gasteiger partial charge in [-0.25, -0.2) is 5.01 Å². The lowest BCUT2D eigenvalue weighted by Crippen LogP contribution is -2.36. The largest absolute Gasteiger partial charge is 0.312 e. The zero-order valence-electron chi connectivity index (χ0n) is 10.5. The van der Waals surface area contributed by atoms with Crippen LogP contribution in [-0.4, -0.2) is 29.3 Å². The number of thioether (sulfide) groups is 1. The lowest BCUT2D eigenvalue weighted by atomic mass is 10.2. The smallest absolute Gasteiger partial charge is 0.183 e. The molecule has 1 aliphatic heterocycles. The third-order valence-electron chi connectivity index (χ3n) is 2.87. The van der Waals surface area contributed by atoms with Gasteiger partial charge in [-0.3, -0.25) is 5.41 Å². The molecule has 0 unspecified atom stereocenters. The van der Waals surface area contributed by atoms with E-state index in [2.05, 4.69) is 10.5 Å². The molecule has 19 heavy (non-hydrogen) atoms.